The molecule has 2 atom stereocenters. The molecule has 0 radical (unpaired) electrons. The average Bonchev–Trinajstić information content (AvgIpc) is 3.45. The smallest absolute Gasteiger partial charge is 0.346 e. The molecule has 3 aliphatic rings. The summed E-state index contributed by atoms with van der Waals surface area (Å²) < 4.78 is 39.1. The Hall–Kier alpha value is -3.00. The second kappa shape index (κ2) is 6.50. The molecule has 3 aliphatic heterocycles. The van der Waals surface area contributed by atoms with Gasteiger partial charge >= 0.3 is 5.82 Å². The van der Waals surface area contributed by atoms with Crippen molar-refractivity contribution < 1.29 is 23.1 Å². The first-order chi connectivity index (χ1) is 14.4. The van der Waals surface area contributed by atoms with Crippen LogP contribution in [-0.2, 0) is 16.8 Å². The Balaban J connectivity index is 1.50. The second-order valence-corrected chi connectivity index (χ2v) is 7.99. The SMILES string of the molecule is COc1cc(C)cc2c1CC=C1N2CN([C@H](C)[C@]2(c3ccc(F)cc3F)CO2)[N+]1=O. The van der Waals surface area contributed by atoms with Gasteiger partial charge in [-0.1, -0.05) is 6.07 Å². The minimum atomic E-state index is -0.983. The Bertz CT molecular complexity index is 1100. The Labute approximate surface area is 172 Å². The van der Waals surface area contributed by atoms with Crippen molar-refractivity contribution in [3.63, 3.8) is 0 Å². The Morgan fingerprint density at radius 1 is 1.27 bits per heavy atom. The number of aryl methyl sites for hydroxylation is 1. The number of methoxy groups -OCH3 is 1. The predicted molar refractivity (Wildman–Crippen MR) is 106 cm³/mol. The number of fused-ring (bicyclic) bond motifs is 3. The monoisotopic (exact) mass is 414 g/mol. The van der Waals surface area contributed by atoms with Gasteiger partial charge in [-0.3, -0.25) is 0 Å². The summed E-state index contributed by atoms with van der Waals surface area (Å²) in [6.07, 6.45) is 2.46. The topological polar surface area (TPSA) is 48.3 Å². The summed E-state index contributed by atoms with van der Waals surface area (Å²) in [6, 6.07) is 7.02. The van der Waals surface area contributed by atoms with E-state index in [1.807, 2.05) is 37.0 Å². The van der Waals surface area contributed by atoms with E-state index in [-0.39, 0.29) is 12.2 Å². The molecule has 0 saturated carbocycles. The van der Waals surface area contributed by atoms with Gasteiger partial charge in [0.15, 0.2) is 6.67 Å². The van der Waals surface area contributed by atoms with Crippen LogP contribution in [0.5, 0.6) is 5.75 Å². The number of nitroso groups, excluding NO2 is 1. The zero-order valence-corrected chi connectivity index (χ0v) is 17.0. The zero-order chi connectivity index (χ0) is 21.2. The van der Waals surface area contributed by atoms with E-state index < -0.39 is 23.3 Å². The van der Waals surface area contributed by atoms with Gasteiger partial charge in [0, 0.05) is 29.7 Å². The first kappa shape index (κ1) is 19.0. The highest BCUT2D eigenvalue weighted by molar-refractivity contribution is 5.66. The minimum absolute atomic E-state index is 0.265. The van der Waals surface area contributed by atoms with E-state index in [2.05, 4.69) is 0 Å². The van der Waals surface area contributed by atoms with Crippen molar-refractivity contribution in [2.24, 2.45) is 0 Å². The van der Waals surface area contributed by atoms with Crippen LogP contribution in [0, 0.1) is 23.5 Å². The summed E-state index contributed by atoms with van der Waals surface area (Å²) in [5, 5.41) is 1.62. The van der Waals surface area contributed by atoms with Gasteiger partial charge in [-0.2, -0.15) is 5.01 Å². The third-order valence-electron chi connectivity index (χ3n) is 6.29. The molecule has 6 nitrogen and oxygen atoms in total. The highest BCUT2D eigenvalue weighted by Crippen LogP contribution is 2.47. The fraction of sp³-hybridized carbons (Fsp3) is 0.364. The van der Waals surface area contributed by atoms with Gasteiger partial charge in [0.2, 0.25) is 0 Å². The van der Waals surface area contributed by atoms with Gasteiger partial charge in [-0.25, -0.2) is 13.7 Å². The van der Waals surface area contributed by atoms with Crippen molar-refractivity contribution in [2.75, 3.05) is 25.3 Å². The molecule has 0 aliphatic carbocycles. The van der Waals surface area contributed by atoms with Crippen LogP contribution in [0.1, 0.15) is 23.6 Å². The van der Waals surface area contributed by atoms with Gasteiger partial charge in [-0.05, 0) is 42.5 Å². The van der Waals surface area contributed by atoms with E-state index in [0.29, 0.717) is 18.9 Å². The number of nitrogens with zero attached hydrogens (tertiary/aromatic N) is 3. The number of hydrogen-bond donors (Lipinski definition) is 0. The van der Waals surface area contributed by atoms with Crippen LogP contribution >= 0.6 is 0 Å². The summed E-state index contributed by atoms with van der Waals surface area (Å²) in [5.74, 6) is 0.00480. The number of anilines is 1. The normalized spacial score (nSPS) is 23.1. The molecule has 0 N–H and O–H groups in total. The highest BCUT2D eigenvalue weighted by atomic mass is 19.1. The van der Waals surface area contributed by atoms with Crippen molar-refractivity contribution in [3.8, 4) is 5.75 Å². The maximum atomic E-state index is 14.5. The molecule has 0 spiro atoms. The molecule has 2 aromatic carbocycles. The summed E-state index contributed by atoms with van der Waals surface area (Å²) in [6.45, 7) is 4.38. The molecule has 30 heavy (non-hydrogen) atoms. The van der Waals surface area contributed by atoms with Crippen molar-refractivity contribution in [3.05, 3.63) is 75.5 Å². The lowest BCUT2D eigenvalue weighted by Gasteiger charge is -2.25. The van der Waals surface area contributed by atoms with Crippen molar-refractivity contribution in [1.29, 1.82) is 0 Å². The first-order valence-corrected chi connectivity index (χ1v) is 9.84. The molecular weight excluding hydrogens is 392 g/mol. The summed E-state index contributed by atoms with van der Waals surface area (Å²) >= 11 is 0. The third-order valence-corrected chi connectivity index (χ3v) is 6.29. The molecule has 0 bridgehead atoms. The van der Waals surface area contributed by atoms with Crippen molar-refractivity contribution >= 4 is 5.69 Å². The second-order valence-electron chi connectivity index (χ2n) is 7.99. The van der Waals surface area contributed by atoms with Gasteiger partial charge < -0.3 is 9.47 Å². The lowest BCUT2D eigenvalue weighted by Crippen LogP contribution is -2.45. The van der Waals surface area contributed by atoms with Crippen LogP contribution in [0.3, 0.4) is 0 Å². The van der Waals surface area contributed by atoms with Crippen molar-refractivity contribution in [2.45, 2.75) is 31.9 Å². The van der Waals surface area contributed by atoms with Crippen LogP contribution in [0.4, 0.5) is 14.5 Å². The standard InChI is InChI=1S/C22H22F2N3O3/c1-13-8-19-16(20(9-13)29-3)5-7-21-25(19)12-26(27(21)28)14(2)22(11-30-22)17-6-4-15(23)10-18(17)24/h4,6-10,14H,5,11-12H2,1-3H3/q+1/t14-,22+/m1/s1. The van der Waals surface area contributed by atoms with Crippen LogP contribution in [0.15, 0.2) is 42.2 Å². The number of halogens is 2. The number of hydrogen-bond acceptors (Lipinski definition) is 4. The number of benzene rings is 2. The number of epoxide rings is 1. The molecule has 2 fully saturated rings. The lowest BCUT2D eigenvalue weighted by atomic mass is 9.92. The number of hydrazine groups is 1. The molecule has 156 valence electrons. The van der Waals surface area contributed by atoms with Crippen LogP contribution in [0.25, 0.3) is 0 Å². The average molecular weight is 414 g/mol. The van der Waals surface area contributed by atoms with Crippen LogP contribution in [-0.4, -0.2) is 36.3 Å². The quantitative estimate of drug-likeness (QED) is 0.563. The fourth-order valence-corrected chi connectivity index (χ4v) is 4.54. The number of allylic oxidation sites excluding steroid dienone is 1. The fourth-order valence-electron chi connectivity index (χ4n) is 4.54. The number of ether oxygens (including phenoxy) is 2. The molecule has 8 heteroatoms. The van der Waals surface area contributed by atoms with E-state index in [1.54, 1.807) is 12.1 Å². The largest absolute Gasteiger partial charge is 0.496 e. The predicted octanol–water partition coefficient (Wildman–Crippen LogP) is 3.77. The summed E-state index contributed by atoms with van der Waals surface area (Å²) in [7, 11) is 1.64. The molecule has 2 aromatic rings. The molecule has 0 unspecified atom stereocenters. The minimum Gasteiger partial charge on any atom is -0.496 e. The van der Waals surface area contributed by atoms with Crippen LogP contribution < -0.4 is 9.64 Å². The molecule has 2 saturated heterocycles. The van der Waals surface area contributed by atoms with E-state index in [4.69, 9.17) is 9.47 Å². The maximum Gasteiger partial charge on any atom is 0.346 e. The summed E-state index contributed by atoms with van der Waals surface area (Å²) in [4.78, 5) is 16.0. The van der Waals surface area contributed by atoms with Gasteiger partial charge in [0.1, 0.15) is 34.7 Å². The molecule has 3 heterocycles. The molecule has 0 amide bonds. The van der Waals surface area contributed by atoms with E-state index in [1.165, 1.54) is 12.1 Å². The Kier molecular flexibility index (Phi) is 4.12. The molecule has 0 aromatic heterocycles. The molecular formula is C22H22F2N3O3+. The van der Waals surface area contributed by atoms with E-state index >= 15 is 0 Å². The maximum absolute atomic E-state index is 14.5. The van der Waals surface area contributed by atoms with Crippen molar-refractivity contribution in [1.82, 2.24) is 5.01 Å². The molecule has 5 rings (SSSR count). The van der Waals surface area contributed by atoms with Gasteiger partial charge in [-0.15, -0.1) is 0 Å². The third kappa shape index (κ3) is 2.63. The highest BCUT2D eigenvalue weighted by Gasteiger charge is 2.60. The zero-order valence-electron chi connectivity index (χ0n) is 17.0. The van der Waals surface area contributed by atoms with Gasteiger partial charge in [0.05, 0.1) is 18.6 Å². The van der Waals surface area contributed by atoms with E-state index in [0.717, 1.165) is 33.5 Å². The van der Waals surface area contributed by atoms with Gasteiger partial charge in [0.25, 0.3) is 0 Å². The lowest BCUT2D eigenvalue weighted by molar-refractivity contribution is -0.660. The Morgan fingerprint density at radius 2 is 2.03 bits per heavy atom. The Morgan fingerprint density at radius 3 is 2.70 bits per heavy atom. The van der Waals surface area contributed by atoms with Crippen LogP contribution in [0.2, 0.25) is 0 Å². The number of rotatable bonds is 4. The first-order valence-electron chi connectivity index (χ1n) is 9.84. The van der Waals surface area contributed by atoms with E-state index in [9.17, 15) is 13.7 Å². The summed E-state index contributed by atoms with van der Waals surface area (Å²) in [5.41, 5.74) is 2.27.